The number of urea groups is 1. The molecule has 1 atom stereocenters. The molecular weight excluding hydrogens is 381 g/mol. The van der Waals surface area contributed by atoms with E-state index in [0.717, 1.165) is 0 Å². The largest absolute Gasteiger partial charge is 0.494 e. The number of methoxy groups -OCH3 is 2. The van der Waals surface area contributed by atoms with Crippen molar-refractivity contribution in [2.45, 2.75) is 13.0 Å². The third-order valence-electron chi connectivity index (χ3n) is 4.05. The van der Waals surface area contributed by atoms with Crippen LogP contribution in [-0.4, -0.2) is 38.7 Å². The lowest BCUT2D eigenvalue weighted by Gasteiger charge is -2.16. The highest BCUT2D eigenvalue weighted by Gasteiger charge is 2.13. The Kier molecular flexibility index (Phi) is 7.53. The fraction of sp³-hybridized carbons (Fsp3) is 0.250. The zero-order valence-electron chi connectivity index (χ0n) is 16.2. The van der Waals surface area contributed by atoms with E-state index in [1.807, 2.05) is 0 Å². The van der Waals surface area contributed by atoms with Crippen molar-refractivity contribution < 1.29 is 28.2 Å². The zero-order valence-corrected chi connectivity index (χ0v) is 16.2. The highest BCUT2D eigenvalue weighted by atomic mass is 19.1. The molecule has 9 heteroatoms. The van der Waals surface area contributed by atoms with Crippen LogP contribution in [0.25, 0.3) is 0 Å². The minimum atomic E-state index is -0.556. The lowest BCUT2D eigenvalue weighted by molar-refractivity contribution is -0.139. The maximum absolute atomic E-state index is 13.8. The predicted octanol–water partition coefficient (Wildman–Crippen LogP) is 2.62. The Labute approximate surface area is 167 Å². The smallest absolute Gasteiger partial charge is 0.325 e. The van der Waals surface area contributed by atoms with Gasteiger partial charge in [-0.1, -0.05) is 6.07 Å². The maximum atomic E-state index is 13.8. The van der Waals surface area contributed by atoms with Gasteiger partial charge in [0.2, 0.25) is 0 Å². The van der Waals surface area contributed by atoms with Crippen molar-refractivity contribution in [2.75, 3.05) is 26.1 Å². The summed E-state index contributed by atoms with van der Waals surface area (Å²) >= 11 is 0. The van der Waals surface area contributed by atoms with Gasteiger partial charge in [-0.3, -0.25) is 9.59 Å². The quantitative estimate of drug-likeness (QED) is 0.617. The maximum Gasteiger partial charge on any atom is 0.325 e. The number of esters is 1. The number of hydrogen-bond acceptors (Lipinski definition) is 5. The van der Waals surface area contributed by atoms with Crippen LogP contribution in [0.2, 0.25) is 0 Å². The third-order valence-corrected chi connectivity index (χ3v) is 4.05. The number of anilines is 1. The predicted molar refractivity (Wildman–Crippen MR) is 104 cm³/mol. The second kappa shape index (κ2) is 10.1. The molecule has 0 spiro atoms. The van der Waals surface area contributed by atoms with Crippen LogP contribution >= 0.6 is 0 Å². The summed E-state index contributed by atoms with van der Waals surface area (Å²) in [6.45, 7) is 1.48. The summed E-state index contributed by atoms with van der Waals surface area (Å²) in [4.78, 5) is 35.1. The fourth-order valence-corrected chi connectivity index (χ4v) is 2.43. The molecule has 0 heterocycles. The molecular formula is C20H22FN3O5. The van der Waals surface area contributed by atoms with Crippen LogP contribution in [0.4, 0.5) is 14.9 Å². The Morgan fingerprint density at radius 1 is 1.07 bits per heavy atom. The highest BCUT2D eigenvalue weighted by Crippen LogP contribution is 2.21. The van der Waals surface area contributed by atoms with Crippen LogP contribution in [0.3, 0.4) is 0 Å². The fourth-order valence-electron chi connectivity index (χ4n) is 2.43. The third kappa shape index (κ3) is 6.20. The summed E-state index contributed by atoms with van der Waals surface area (Å²) in [6.07, 6.45) is 0. The van der Waals surface area contributed by atoms with Crippen LogP contribution in [0.15, 0.2) is 42.5 Å². The van der Waals surface area contributed by atoms with Gasteiger partial charge in [0.15, 0.2) is 11.6 Å². The van der Waals surface area contributed by atoms with E-state index < -0.39 is 29.8 Å². The molecule has 0 unspecified atom stereocenters. The monoisotopic (exact) mass is 403 g/mol. The van der Waals surface area contributed by atoms with Crippen molar-refractivity contribution in [3.05, 3.63) is 59.4 Å². The van der Waals surface area contributed by atoms with Crippen LogP contribution < -0.4 is 20.7 Å². The Hall–Kier alpha value is -3.62. The average Bonchev–Trinajstić information content (AvgIpc) is 2.71. The van der Waals surface area contributed by atoms with Crippen molar-refractivity contribution in [3.63, 3.8) is 0 Å². The summed E-state index contributed by atoms with van der Waals surface area (Å²) in [7, 11) is 2.60. The molecule has 3 amide bonds. The molecule has 2 aromatic carbocycles. The van der Waals surface area contributed by atoms with Gasteiger partial charge in [-0.15, -0.1) is 0 Å². The van der Waals surface area contributed by atoms with E-state index in [-0.39, 0.29) is 12.3 Å². The molecule has 0 aliphatic carbocycles. The van der Waals surface area contributed by atoms with E-state index in [1.54, 1.807) is 25.1 Å². The molecule has 0 fully saturated rings. The van der Waals surface area contributed by atoms with Crippen LogP contribution in [0.1, 0.15) is 28.9 Å². The Morgan fingerprint density at radius 2 is 1.76 bits per heavy atom. The molecule has 0 bridgehead atoms. The van der Waals surface area contributed by atoms with Gasteiger partial charge in [-0.05, 0) is 48.9 Å². The number of carbonyl (C=O) groups is 3. The van der Waals surface area contributed by atoms with Gasteiger partial charge in [0.25, 0.3) is 5.91 Å². The van der Waals surface area contributed by atoms with Crippen molar-refractivity contribution in [2.24, 2.45) is 0 Å². The Balaban J connectivity index is 1.91. The summed E-state index contributed by atoms with van der Waals surface area (Å²) in [5.74, 6) is -1.39. The van der Waals surface area contributed by atoms with Gasteiger partial charge in [0.1, 0.15) is 6.54 Å². The number of amides is 3. The lowest BCUT2D eigenvalue weighted by atomic mass is 10.1. The van der Waals surface area contributed by atoms with Crippen LogP contribution in [-0.2, 0) is 9.53 Å². The molecule has 0 aromatic heterocycles. The van der Waals surface area contributed by atoms with Crippen molar-refractivity contribution in [3.8, 4) is 5.75 Å². The van der Waals surface area contributed by atoms with E-state index in [0.29, 0.717) is 16.8 Å². The molecule has 0 saturated carbocycles. The average molecular weight is 403 g/mol. The molecule has 154 valence electrons. The second-order valence-corrected chi connectivity index (χ2v) is 6.05. The van der Waals surface area contributed by atoms with E-state index >= 15 is 0 Å². The molecule has 2 rings (SSSR count). The molecule has 0 aliphatic rings. The van der Waals surface area contributed by atoms with Crippen molar-refractivity contribution in [1.82, 2.24) is 10.6 Å². The number of halogens is 1. The van der Waals surface area contributed by atoms with Gasteiger partial charge < -0.3 is 25.4 Å². The lowest BCUT2D eigenvalue weighted by Crippen LogP contribution is -2.31. The summed E-state index contributed by atoms with van der Waals surface area (Å²) in [6, 6.07) is 9.62. The molecule has 29 heavy (non-hydrogen) atoms. The summed E-state index contributed by atoms with van der Waals surface area (Å²) in [5.41, 5.74) is 1.36. The molecule has 8 nitrogen and oxygen atoms in total. The van der Waals surface area contributed by atoms with Crippen LogP contribution in [0.5, 0.6) is 5.75 Å². The first-order valence-electron chi connectivity index (χ1n) is 8.70. The normalized spacial score (nSPS) is 11.2. The Bertz CT molecular complexity index is 886. The number of hydrogen-bond donors (Lipinski definition) is 3. The molecule has 0 saturated heterocycles. The number of carbonyl (C=O) groups excluding carboxylic acids is 3. The summed E-state index contributed by atoms with van der Waals surface area (Å²) < 4.78 is 23.1. The summed E-state index contributed by atoms with van der Waals surface area (Å²) in [5, 5.41) is 7.74. The van der Waals surface area contributed by atoms with E-state index in [9.17, 15) is 18.8 Å². The van der Waals surface area contributed by atoms with Crippen molar-refractivity contribution >= 4 is 23.6 Å². The standard InChI is InChI=1S/C20H22FN3O5/c1-12(14-6-9-17(28-2)16(21)10-14)23-20(27)24-15-7-4-13(5-8-15)19(26)22-11-18(25)29-3/h4-10,12H,11H2,1-3H3,(H,22,26)(H2,23,24,27)/t12-/m1/s1. The van der Waals surface area contributed by atoms with Crippen LogP contribution in [0, 0.1) is 5.82 Å². The molecule has 3 N–H and O–H groups in total. The highest BCUT2D eigenvalue weighted by molar-refractivity contribution is 5.97. The minimum absolute atomic E-state index is 0.126. The van der Waals surface area contributed by atoms with E-state index in [2.05, 4.69) is 20.7 Å². The van der Waals surface area contributed by atoms with E-state index in [4.69, 9.17) is 4.74 Å². The van der Waals surface area contributed by atoms with Crippen molar-refractivity contribution in [1.29, 1.82) is 0 Å². The van der Waals surface area contributed by atoms with E-state index in [1.165, 1.54) is 38.5 Å². The number of benzene rings is 2. The number of nitrogens with one attached hydrogen (secondary N) is 3. The van der Waals surface area contributed by atoms with Gasteiger partial charge >= 0.3 is 12.0 Å². The second-order valence-electron chi connectivity index (χ2n) is 6.05. The van der Waals surface area contributed by atoms with Gasteiger partial charge in [-0.25, -0.2) is 9.18 Å². The molecule has 0 aliphatic heterocycles. The topological polar surface area (TPSA) is 106 Å². The molecule has 0 radical (unpaired) electrons. The first-order chi connectivity index (χ1) is 13.8. The first-order valence-corrected chi connectivity index (χ1v) is 8.70. The zero-order chi connectivity index (χ0) is 21.4. The minimum Gasteiger partial charge on any atom is -0.494 e. The first kappa shape index (κ1) is 21.7. The molecule has 2 aromatic rings. The number of rotatable bonds is 7. The van der Waals surface area contributed by atoms with Gasteiger partial charge in [-0.2, -0.15) is 0 Å². The van der Waals surface area contributed by atoms with Gasteiger partial charge in [0.05, 0.1) is 20.3 Å². The van der Waals surface area contributed by atoms with Gasteiger partial charge in [0, 0.05) is 11.3 Å². The number of ether oxygens (including phenoxy) is 2. The SMILES string of the molecule is COC(=O)CNC(=O)c1ccc(NC(=O)N[C@H](C)c2ccc(OC)c(F)c2)cc1. The Morgan fingerprint density at radius 3 is 2.34 bits per heavy atom.